The molecule has 1 atom stereocenters. The monoisotopic (exact) mass is 376 g/mol. The minimum absolute atomic E-state index is 0.0857. The van der Waals surface area contributed by atoms with E-state index in [-0.39, 0.29) is 11.2 Å². The molecule has 25 heavy (non-hydrogen) atoms. The Morgan fingerprint density at radius 3 is 2.76 bits per heavy atom. The molecule has 0 radical (unpaired) electrons. The highest BCUT2D eigenvalue weighted by Crippen LogP contribution is 2.26. The van der Waals surface area contributed by atoms with Crippen LogP contribution in [0.1, 0.15) is 12.7 Å². The van der Waals surface area contributed by atoms with Crippen LogP contribution in [0.25, 0.3) is 11.4 Å². The molecule has 130 valence electrons. The second-order valence-corrected chi connectivity index (χ2v) is 7.17. The maximum atomic E-state index is 12.2. The van der Waals surface area contributed by atoms with Crippen LogP contribution in [0.4, 0.5) is 0 Å². The Labute approximate surface area is 154 Å². The molecule has 1 N–H and O–H groups in total. The third-order valence-electron chi connectivity index (χ3n) is 3.61. The Hall–Kier alpha value is -2.25. The standard InChI is InChI=1S/C17H17ClN4O2S/c1-11(16(23)19-10-14-4-3-9-24-14)25-17-21-20-15(22(17)2)12-5-7-13(18)8-6-12/h3-9,11H,10H2,1-2H3,(H,19,23)/t11-/m0/s1. The summed E-state index contributed by atoms with van der Waals surface area (Å²) in [6.45, 7) is 2.20. The fraction of sp³-hybridized carbons (Fsp3) is 0.235. The molecule has 0 aliphatic carbocycles. The molecule has 3 rings (SSSR count). The maximum absolute atomic E-state index is 12.2. The molecule has 2 aromatic heterocycles. The highest BCUT2D eigenvalue weighted by molar-refractivity contribution is 8.00. The quantitative estimate of drug-likeness (QED) is 0.666. The van der Waals surface area contributed by atoms with Crippen LogP contribution < -0.4 is 5.32 Å². The summed E-state index contributed by atoms with van der Waals surface area (Å²) in [4.78, 5) is 12.2. The van der Waals surface area contributed by atoms with Crippen molar-refractivity contribution in [1.82, 2.24) is 20.1 Å². The van der Waals surface area contributed by atoms with Crippen molar-refractivity contribution in [3.63, 3.8) is 0 Å². The first-order valence-electron chi connectivity index (χ1n) is 7.66. The third-order valence-corrected chi connectivity index (χ3v) is 4.99. The Morgan fingerprint density at radius 2 is 2.08 bits per heavy atom. The number of aromatic nitrogens is 3. The van der Waals surface area contributed by atoms with Gasteiger partial charge in [-0.2, -0.15) is 0 Å². The van der Waals surface area contributed by atoms with Crippen LogP contribution in [0.3, 0.4) is 0 Å². The van der Waals surface area contributed by atoms with Crippen LogP contribution >= 0.6 is 23.4 Å². The minimum Gasteiger partial charge on any atom is -0.467 e. The van der Waals surface area contributed by atoms with Gasteiger partial charge in [-0.1, -0.05) is 23.4 Å². The van der Waals surface area contributed by atoms with E-state index in [1.807, 2.05) is 48.9 Å². The number of furan rings is 1. The number of carbonyl (C=O) groups excluding carboxylic acids is 1. The van der Waals surface area contributed by atoms with Crippen molar-refractivity contribution in [2.75, 3.05) is 0 Å². The summed E-state index contributed by atoms with van der Waals surface area (Å²) < 4.78 is 7.07. The number of amides is 1. The van der Waals surface area contributed by atoms with Gasteiger partial charge in [0, 0.05) is 17.6 Å². The molecule has 1 aromatic carbocycles. The van der Waals surface area contributed by atoms with Gasteiger partial charge in [-0.15, -0.1) is 10.2 Å². The molecule has 0 unspecified atom stereocenters. The summed E-state index contributed by atoms with van der Waals surface area (Å²) in [6.07, 6.45) is 1.58. The van der Waals surface area contributed by atoms with Gasteiger partial charge in [0.25, 0.3) is 0 Å². The number of halogens is 1. The van der Waals surface area contributed by atoms with Crippen LogP contribution in [0.15, 0.2) is 52.2 Å². The van der Waals surface area contributed by atoms with Crippen molar-refractivity contribution in [2.24, 2.45) is 7.05 Å². The van der Waals surface area contributed by atoms with Crippen molar-refractivity contribution in [1.29, 1.82) is 0 Å². The van der Waals surface area contributed by atoms with E-state index in [4.69, 9.17) is 16.0 Å². The number of thioether (sulfide) groups is 1. The summed E-state index contributed by atoms with van der Waals surface area (Å²) in [5.41, 5.74) is 0.918. The zero-order chi connectivity index (χ0) is 17.8. The van der Waals surface area contributed by atoms with Crippen LogP contribution in [-0.2, 0) is 18.4 Å². The molecule has 0 bridgehead atoms. The fourth-order valence-electron chi connectivity index (χ4n) is 2.21. The summed E-state index contributed by atoms with van der Waals surface area (Å²) in [6, 6.07) is 11.0. The van der Waals surface area contributed by atoms with E-state index in [1.54, 1.807) is 12.3 Å². The SMILES string of the molecule is C[C@H](Sc1nnc(-c2ccc(Cl)cc2)n1C)C(=O)NCc1ccco1. The highest BCUT2D eigenvalue weighted by atomic mass is 35.5. The number of nitrogens with one attached hydrogen (secondary N) is 1. The number of nitrogens with zero attached hydrogens (tertiary/aromatic N) is 3. The van der Waals surface area contributed by atoms with Gasteiger partial charge < -0.3 is 14.3 Å². The molecule has 0 saturated carbocycles. The number of carbonyl (C=O) groups is 1. The van der Waals surface area contributed by atoms with E-state index in [9.17, 15) is 4.79 Å². The molecule has 6 nitrogen and oxygen atoms in total. The average molecular weight is 377 g/mol. The molecule has 0 spiro atoms. The van der Waals surface area contributed by atoms with Crippen molar-refractivity contribution in [3.05, 3.63) is 53.4 Å². The molecule has 1 amide bonds. The average Bonchev–Trinajstić information content (AvgIpc) is 3.24. The van der Waals surface area contributed by atoms with Gasteiger partial charge in [0.1, 0.15) is 5.76 Å². The lowest BCUT2D eigenvalue weighted by Gasteiger charge is -2.11. The number of benzene rings is 1. The molecule has 0 saturated heterocycles. The van der Waals surface area contributed by atoms with Gasteiger partial charge in [-0.05, 0) is 43.3 Å². The normalized spacial score (nSPS) is 12.1. The van der Waals surface area contributed by atoms with E-state index in [1.165, 1.54) is 11.8 Å². The smallest absolute Gasteiger partial charge is 0.233 e. The van der Waals surface area contributed by atoms with Crippen LogP contribution in [-0.4, -0.2) is 25.9 Å². The lowest BCUT2D eigenvalue weighted by atomic mass is 10.2. The van der Waals surface area contributed by atoms with Gasteiger partial charge >= 0.3 is 0 Å². The van der Waals surface area contributed by atoms with Crippen molar-refractivity contribution in [3.8, 4) is 11.4 Å². The van der Waals surface area contributed by atoms with E-state index < -0.39 is 0 Å². The Kier molecular flexibility index (Phi) is 5.45. The molecule has 2 heterocycles. The van der Waals surface area contributed by atoms with E-state index >= 15 is 0 Å². The minimum atomic E-state index is -0.309. The van der Waals surface area contributed by atoms with Crippen molar-refractivity contribution in [2.45, 2.75) is 23.9 Å². The second-order valence-electron chi connectivity index (χ2n) is 5.43. The third kappa shape index (κ3) is 4.24. The van der Waals surface area contributed by atoms with Crippen LogP contribution in [0.5, 0.6) is 0 Å². The summed E-state index contributed by atoms with van der Waals surface area (Å²) in [5, 5.41) is 12.3. The number of hydrogen-bond acceptors (Lipinski definition) is 5. The number of hydrogen-bond donors (Lipinski definition) is 1. The zero-order valence-corrected chi connectivity index (χ0v) is 15.3. The Balaban J connectivity index is 1.64. The van der Waals surface area contributed by atoms with E-state index in [2.05, 4.69) is 15.5 Å². The predicted octanol–water partition coefficient (Wildman–Crippen LogP) is 3.53. The summed E-state index contributed by atoms with van der Waals surface area (Å²) >= 11 is 7.27. The predicted molar refractivity (Wildman–Crippen MR) is 97.3 cm³/mol. The number of rotatable bonds is 6. The van der Waals surface area contributed by atoms with Crippen molar-refractivity contribution >= 4 is 29.3 Å². The molecule has 0 aliphatic heterocycles. The van der Waals surface area contributed by atoms with E-state index in [0.29, 0.717) is 22.5 Å². The molecule has 0 fully saturated rings. The topological polar surface area (TPSA) is 73.0 Å². The van der Waals surface area contributed by atoms with Crippen LogP contribution in [0, 0.1) is 0 Å². The Morgan fingerprint density at radius 1 is 1.32 bits per heavy atom. The fourth-order valence-corrected chi connectivity index (χ4v) is 3.18. The lowest BCUT2D eigenvalue weighted by molar-refractivity contribution is -0.120. The second kappa shape index (κ2) is 7.76. The van der Waals surface area contributed by atoms with Gasteiger partial charge in [-0.25, -0.2) is 0 Å². The van der Waals surface area contributed by atoms with Crippen molar-refractivity contribution < 1.29 is 9.21 Å². The largest absolute Gasteiger partial charge is 0.467 e. The van der Waals surface area contributed by atoms with Gasteiger partial charge in [0.15, 0.2) is 11.0 Å². The van der Waals surface area contributed by atoms with Gasteiger partial charge in [-0.3, -0.25) is 4.79 Å². The van der Waals surface area contributed by atoms with E-state index in [0.717, 1.165) is 11.4 Å². The van der Waals surface area contributed by atoms with Gasteiger partial charge in [0.05, 0.1) is 18.1 Å². The summed E-state index contributed by atoms with van der Waals surface area (Å²) in [7, 11) is 1.87. The lowest BCUT2D eigenvalue weighted by Crippen LogP contribution is -2.30. The Bertz CT molecular complexity index is 846. The highest BCUT2D eigenvalue weighted by Gasteiger charge is 2.19. The molecular weight excluding hydrogens is 360 g/mol. The molecular formula is C17H17ClN4O2S. The first-order valence-corrected chi connectivity index (χ1v) is 8.92. The summed E-state index contributed by atoms with van der Waals surface area (Å²) in [5.74, 6) is 1.36. The first kappa shape index (κ1) is 17.6. The van der Waals surface area contributed by atoms with Gasteiger partial charge in [0.2, 0.25) is 5.91 Å². The molecule has 0 aliphatic rings. The first-order chi connectivity index (χ1) is 12.0. The molecule has 3 aromatic rings. The molecule has 8 heteroatoms. The van der Waals surface area contributed by atoms with Crippen LogP contribution in [0.2, 0.25) is 5.02 Å². The maximum Gasteiger partial charge on any atom is 0.233 e. The zero-order valence-electron chi connectivity index (χ0n) is 13.8.